The molecule has 0 unspecified atom stereocenters. The Morgan fingerprint density at radius 2 is 1.82 bits per heavy atom. The van der Waals surface area contributed by atoms with Crippen molar-refractivity contribution in [2.24, 2.45) is 0 Å². The van der Waals surface area contributed by atoms with Crippen LogP contribution < -0.4 is 10.1 Å². The average molecular weight is 468 g/mol. The number of carboxylic acid groups (broad SMARTS) is 1. The van der Waals surface area contributed by atoms with Crippen LogP contribution in [0.3, 0.4) is 0 Å². The fourth-order valence-corrected chi connectivity index (χ4v) is 3.79. The Morgan fingerprint density at radius 3 is 2.47 bits per heavy atom. The maximum atomic E-state index is 14.7. The van der Waals surface area contributed by atoms with Crippen molar-refractivity contribution in [1.82, 2.24) is 5.32 Å². The summed E-state index contributed by atoms with van der Waals surface area (Å²) in [6.45, 7) is 4.44. The molecule has 0 saturated carbocycles. The van der Waals surface area contributed by atoms with Crippen LogP contribution in [-0.4, -0.2) is 40.5 Å². The predicted molar refractivity (Wildman–Crippen MR) is 129 cm³/mol. The molecule has 0 aliphatic heterocycles. The first kappa shape index (κ1) is 25.2. The maximum Gasteiger partial charge on any atom is 0.335 e. The smallest absolute Gasteiger partial charge is 0.335 e. The molecule has 0 radical (unpaired) electrons. The Hall–Kier alpha value is -3.42. The van der Waals surface area contributed by atoms with Gasteiger partial charge in [-0.3, -0.25) is 0 Å². The van der Waals surface area contributed by atoms with Gasteiger partial charge in [-0.05, 0) is 72.0 Å². The molecule has 2 atom stereocenters. The lowest BCUT2D eigenvalue weighted by atomic mass is 9.94. The van der Waals surface area contributed by atoms with E-state index in [0.717, 1.165) is 17.5 Å². The van der Waals surface area contributed by atoms with Crippen LogP contribution in [-0.2, 0) is 6.42 Å². The van der Waals surface area contributed by atoms with Crippen molar-refractivity contribution in [2.45, 2.75) is 38.8 Å². The van der Waals surface area contributed by atoms with E-state index in [2.05, 4.69) is 5.32 Å². The van der Waals surface area contributed by atoms with Gasteiger partial charge in [0.1, 0.15) is 12.4 Å². The Kier molecular flexibility index (Phi) is 8.62. The third-order valence-corrected chi connectivity index (χ3v) is 5.65. The van der Waals surface area contributed by atoms with Crippen molar-refractivity contribution in [1.29, 1.82) is 0 Å². The van der Waals surface area contributed by atoms with Crippen LogP contribution >= 0.6 is 0 Å². The van der Waals surface area contributed by atoms with Gasteiger partial charge in [-0.15, -0.1) is 0 Å². The van der Waals surface area contributed by atoms with Crippen LogP contribution in [0.4, 0.5) is 4.39 Å². The number of carboxylic acids is 1. The van der Waals surface area contributed by atoms with Gasteiger partial charge in [0.2, 0.25) is 0 Å². The van der Waals surface area contributed by atoms with Crippen molar-refractivity contribution in [3.8, 4) is 22.6 Å². The van der Waals surface area contributed by atoms with Crippen LogP contribution in [0.15, 0.2) is 60.7 Å². The Bertz CT molecular complexity index is 1120. The molecule has 0 heterocycles. The number of aliphatic hydroxyl groups is 1. The zero-order valence-corrected chi connectivity index (χ0v) is 19.3. The predicted octanol–water partition coefficient (Wildman–Crippen LogP) is 4.94. The van der Waals surface area contributed by atoms with Crippen LogP contribution in [0.1, 0.15) is 47.9 Å². The molecule has 0 fully saturated rings. The first-order valence-electron chi connectivity index (χ1n) is 11.3. The number of phenols is 1. The maximum absolute atomic E-state index is 14.7. The summed E-state index contributed by atoms with van der Waals surface area (Å²) in [7, 11) is 0. The van der Waals surface area contributed by atoms with Crippen molar-refractivity contribution < 1.29 is 29.2 Å². The summed E-state index contributed by atoms with van der Waals surface area (Å²) >= 11 is 0. The highest BCUT2D eigenvalue weighted by atomic mass is 19.1. The van der Waals surface area contributed by atoms with Gasteiger partial charge in [0, 0.05) is 12.6 Å². The minimum atomic E-state index is -0.989. The molecule has 0 aromatic heterocycles. The van der Waals surface area contributed by atoms with Crippen molar-refractivity contribution in [2.75, 3.05) is 13.2 Å². The molecule has 0 saturated heterocycles. The lowest BCUT2D eigenvalue weighted by Crippen LogP contribution is -2.35. The molecule has 0 spiro atoms. The molecule has 0 bridgehead atoms. The lowest BCUT2D eigenvalue weighted by molar-refractivity contribution is 0.0696. The van der Waals surface area contributed by atoms with Crippen LogP contribution in [0.25, 0.3) is 11.1 Å². The normalized spacial score (nSPS) is 12.8. The number of nitrogens with one attached hydrogen (secondary N) is 1. The van der Waals surface area contributed by atoms with Crippen molar-refractivity contribution in [3.63, 3.8) is 0 Å². The van der Waals surface area contributed by atoms with E-state index in [1.807, 2.05) is 13.8 Å². The number of aliphatic hydroxyl groups excluding tert-OH is 1. The zero-order chi connectivity index (χ0) is 24.7. The van der Waals surface area contributed by atoms with Gasteiger partial charge in [-0.1, -0.05) is 37.6 Å². The summed E-state index contributed by atoms with van der Waals surface area (Å²) in [4.78, 5) is 11.3. The number of hydrogen-bond acceptors (Lipinski definition) is 5. The van der Waals surface area contributed by atoms with E-state index in [0.29, 0.717) is 24.1 Å². The van der Waals surface area contributed by atoms with Gasteiger partial charge < -0.3 is 25.4 Å². The van der Waals surface area contributed by atoms with Gasteiger partial charge >= 0.3 is 5.97 Å². The van der Waals surface area contributed by atoms with E-state index < -0.39 is 17.9 Å². The second kappa shape index (κ2) is 11.6. The van der Waals surface area contributed by atoms with Crippen LogP contribution in [0.5, 0.6) is 11.5 Å². The number of aryl methyl sites for hydroxylation is 1. The number of halogens is 1. The molecule has 180 valence electrons. The summed E-state index contributed by atoms with van der Waals surface area (Å²) in [5.41, 5.74) is 3.22. The summed E-state index contributed by atoms with van der Waals surface area (Å²) in [5.74, 6) is -1.23. The third kappa shape index (κ3) is 6.34. The number of aromatic carboxylic acids is 1. The van der Waals surface area contributed by atoms with Crippen LogP contribution in [0.2, 0.25) is 0 Å². The summed E-state index contributed by atoms with van der Waals surface area (Å²) in [6, 6.07) is 15.7. The Morgan fingerprint density at radius 1 is 1.09 bits per heavy atom. The monoisotopic (exact) mass is 467 g/mol. The number of aromatic hydroxyl groups is 1. The third-order valence-electron chi connectivity index (χ3n) is 5.65. The number of benzene rings is 3. The highest BCUT2D eigenvalue weighted by molar-refractivity contribution is 5.89. The van der Waals surface area contributed by atoms with E-state index in [4.69, 9.17) is 4.74 Å². The molecule has 6 nitrogen and oxygen atoms in total. The SMILES string of the molecule is CCCc1cc(C(=O)O)ccc1-c1ccc(OCCN[C@H](C)[C@@H](O)c2ccc(O)cc2)c(F)c1. The number of rotatable bonds is 11. The fourth-order valence-electron chi connectivity index (χ4n) is 3.79. The number of carbonyl (C=O) groups is 1. The van der Waals surface area contributed by atoms with Crippen LogP contribution in [0, 0.1) is 5.82 Å². The van der Waals surface area contributed by atoms with Gasteiger partial charge in [0.05, 0.1) is 11.7 Å². The van der Waals surface area contributed by atoms with E-state index >= 15 is 0 Å². The van der Waals surface area contributed by atoms with E-state index in [9.17, 15) is 24.5 Å². The van der Waals surface area contributed by atoms with Gasteiger partial charge in [0.15, 0.2) is 11.6 Å². The summed E-state index contributed by atoms with van der Waals surface area (Å²) in [5, 5.41) is 32.2. The second-order valence-electron chi connectivity index (χ2n) is 8.20. The molecular formula is C27H30FNO5. The zero-order valence-electron chi connectivity index (χ0n) is 19.3. The van der Waals surface area contributed by atoms with Gasteiger partial charge in [-0.2, -0.15) is 0 Å². The van der Waals surface area contributed by atoms with Gasteiger partial charge in [0.25, 0.3) is 0 Å². The van der Waals surface area contributed by atoms with Crippen molar-refractivity contribution in [3.05, 3.63) is 83.2 Å². The molecule has 0 amide bonds. The quantitative estimate of drug-likeness (QED) is 0.298. The second-order valence-corrected chi connectivity index (χ2v) is 8.20. The lowest BCUT2D eigenvalue weighted by Gasteiger charge is -2.21. The van der Waals surface area contributed by atoms with Crippen molar-refractivity contribution >= 4 is 5.97 Å². The Labute approximate surface area is 198 Å². The number of phenolic OH excluding ortho intramolecular Hbond substituents is 1. The molecular weight excluding hydrogens is 437 g/mol. The standard InChI is InChI=1S/C27H30FNO5/c1-3-4-19-15-21(27(32)33)7-11-23(19)20-8-12-25(24(28)16-20)34-14-13-29-17(2)26(31)18-5-9-22(30)10-6-18/h5-12,15-17,26,29-31H,3-4,13-14H2,1-2H3,(H,32,33)/t17-,26-/m1/s1. The molecule has 7 heteroatoms. The topological polar surface area (TPSA) is 99.0 Å². The summed E-state index contributed by atoms with van der Waals surface area (Å²) < 4.78 is 20.3. The van der Waals surface area contributed by atoms with E-state index in [-0.39, 0.29) is 29.7 Å². The van der Waals surface area contributed by atoms with E-state index in [1.165, 1.54) is 24.3 Å². The highest BCUT2D eigenvalue weighted by Crippen LogP contribution is 2.30. The Balaban J connectivity index is 1.59. The van der Waals surface area contributed by atoms with E-state index in [1.54, 1.807) is 36.4 Å². The number of ether oxygens (including phenoxy) is 1. The molecule has 4 N–H and O–H groups in total. The molecule has 3 rings (SSSR count). The molecule has 3 aromatic rings. The largest absolute Gasteiger partial charge is 0.508 e. The molecule has 34 heavy (non-hydrogen) atoms. The summed E-state index contributed by atoms with van der Waals surface area (Å²) in [6.07, 6.45) is 0.768. The fraction of sp³-hybridized carbons (Fsp3) is 0.296. The minimum Gasteiger partial charge on any atom is -0.508 e. The molecule has 0 aliphatic carbocycles. The highest BCUT2D eigenvalue weighted by Gasteiger charge is 2.16. The first-order valence-corrected chi connectivity index (χ1v) is 11.3. The first-order chi connectivity index (χ1) is 16.3. The number of hydrogen-bond donors (Lipinski definition) is 4. The molecule has 3 aromatic carbocycles. The van der Waals surface area contributed by atoms with Gasteiger partial charge in [-0.25, -0.2) is 9.18 Å². The minimum absolute atomic E-state index is 0.122. The average Bonchev–Trinajstić information content (AvgIpc) is 2.82. The molecule has 0 aliphatic rings.